The Balaban J connectivity index is 2.40. The Labute approximate surface area is 65.4 Å². The smallest absolute Gasteiger partial charge is 0.0921 e. The van der Waals surface area contributed by atoms with Gasteiger partial charge in [0, 0.05) is 30.1 Å². The van der Waals surface area contributed by atoms with Crippen molar-refractivity contribution in [3.63, 3.8) is 0 Å². The molecule has 0 unspecified atom stereocenters. The summed E-state index contributed by atoms with van der Waals surface area (Å²) < 4.78 is 0. The van der Waals surface area contributed by atoms with Gasteiger partial charge in [-0.15, -0.1) is 0 Å². The molecule has 56 valence electrons. The lowest BCUT2D eigenvalue weighted by Gasteiger charge is -2.04. The van der Waals surface area contributed by atoms with Crippen molar-refractivity contribution in [2.45, 2.75) is 12.5 Å². The number of nitrogens with zero attached hydrogens (tertiary/aromatic N) is 1. The summed E-state index contributed by atoms with van der Waals surface area (Å²) in [6.07, 6.45) is 4.26. The Kier molecular flexibility index (Phi) is 2.77. The molecule has 1 atom stereocenters. The van der Waals surface area contributed by atoms with Crippen LogP contribution in [-0.4, -0.2) is 21.8 Å². The number of thiol groups is 1. The van der Waals surface area contributed by atoms with Gasteiger partial charge in [-0.25, -0.2) is 4.98 Å². The van der Waals surface area contributed by atoms with Crippen LogP contribution >= 0.6 is 12.6 Å². The highest BCUT2D eigenvalue weighted by Gasteiger charge is 2.00. The maximum absolute atomic E-state index is 5.64. The Bertz CT molecular complexity index is 173. The van der Waals surface area contributed by atoms with Gasteiger partial charge in [-0.3, -0.25) is 0 Å². The molecule has 1 aromatic rings. The van der Waals surface area contributed by atoms with Crippen LogP contribution in [0.4, 0.5) is 0 Å². The summed E-state index contributed by atoms with van der Waals surface area (Å²) in [6, 6.07) is 0.129. The summed E-state index contributed by atoms with van der Waals surface area (Å²) in [5.41, 5.74) is 6.71. The summed E-state index contributed by atoms with van der Waals surface area (Å²) in [5.74, 6) is 0.707. The second-order valence-electron chi connectivity index (χ2n) is 2.22. The number of aromatic nitrogens is 2. The second kappa shape index (κ2) is 3.63. The molecule has 0 aliphatic carbocycles. The Hall–Kier alpha value is -0.480. The normalized spacial score (nSPS) is 13.4. The van der Waals surface area contributed by atoms with Crippen LogP contribution in [0.2, 0.25) is 0 Å². The molecule has 0 radical (unpaired) electrons. The molecule has 1 aromatic heterocycles. The highest BCUT2D eigenvalue weighted by Crippen LogP contribution is 1.96. The fraction of sp³-hybridized carbons (Fsp3) is 0.500. The molecule has 0 fully saturated rings. The number of H-pyrrole nitrogens is 1. The fourth-order valence-corrected chi connectivity index (χ4v) is 0.872. The average Bonchev–Trinajstić information content (AvgIpc) is 2.40. The van der Waals surface area contributed by atoms with Crippen molar-refractivity contribution in [1.29, 1.82) is 0 Å². The predicted molar refractivity (Wildman–Crippen MR) is 44.1 cm³/mol. The molecule has 0 aliphatic heterocycles. The lowest BCUT2D eigenvalue weighted by Crippen LogP contribution is -2.24. The van der Waals surface area contributed by atoms with Crippen molar-refractivity contribution in [3.8, 4) is 0 Å². The Morgan fingerprint density at radius 3 is 3.10 bits per heavy atom. The molecule has 0 aliphatic rings. The number of aromatic amines is 1. The van der Waals surface area contributed by atoms with Crippen LogP contribution in [-0.2, 0) is 6.42 Å². The molecule has 0 bridgehead atoms. The Morgan fingerprint density at radius 2 is 2.60 bits per heavy atom. The third kappa shape index (κ3) is 2.04. The van der Waals surface area contributed by atoms with Crippen molar-refractivity contribution >= 4 is 12.6 Å². The van der Waals surface area contributed by atoms with Gasteiger partial charge in [0.15, 0.2) is 0 Å². The molecule has 1 rings (SSSR count). The molecule has 1 heterocycles. The van der Waals surface area contributed by atoms with Gasteiger partial charge in [-0.2, -0.15) is 12.6 Å². The molecule has 0 spiro atoms. The van der Waals surface area contributed by atoms with E-state index in [4.69, 9.17) is 5.73 Å². The van der Waals surface area contributed by atoms with Crippen molar-refractivity contribution in [2.24, 2.45) is 5.73 Å². The van der Waals surface area contributed by atoms with Gasteiger partial charge in [0.2, 0.25) is 0 Å². The van der Waals surface area contributed by atoms with E-state index in [9.17, 15) is 0 Å². The van der Waals surface area contributed by atoms with Crippen LogP contribution in [0.3, 0.4) is 0 Å². The zero-order valence-electron chi connectivity index (χ0n) is 5.62. The molecule has 0 saturated carbocycles. The molecule has 3 nitrogen and oxygen atoms in total. The quantitative estimate of drug-likeness (QED) is 0.549. The minimum atomic E-state index is 0.129. The van der Waals surface area contributed by atoms with Crippen molar-refractivity contribution in [3.05, 3.63) is 18.2 Å². The van der Waals surface area contributed by atoms with E-state index in [2.05, 4.69) is 22.6 Å². The molecular weight excluding hydrogens is 146 g/mol. The number of nitrogens with two attached hydrogens (primary N) is 1. The first kappa shape index (κ1) is 7.63. The van der Waals surface area contributed by atoms with Gasteiger partial charge in [-0.1, -0.05) is 0 Å². The zero-order valence-corrected chi connectivity index (χ0v) is 6.51. The summed E-state index contributed by atoms with van der Waals surface area (Å²) >= 11 is 4.07. The van der Waals surface area contributed by atoms with Crippen molar-refractivity contribution < 1.29 is 0 Å². The van der Waals surface area contributed by atoms with E-state index in [0.717, 1.165) is 12.1 Å². The van der Waals surface area contributed by atoms with E-state index in [1.54, 1.807) is 12.5 Å². The van der Waals surface area contributed by atoms with E-state index in [0.29, 0.717) is 5.75 Å². The first-order chi connectivity index (χ1) is 4.83. The van der Waals surface area contributed by atoms with Gasteiger partial charge in [0.25, 0.3) is 0 Å². The van der Waals surface area contributed by atoms with E-state index in [1.807, 2.05) is 0 Å². The summed E-state index contributed by atoms with van der Waals surface area (Å²) in [5, 5.41) is 0. The molecule has 3 N–H and O–H groups in total. The van der Waals surface area contributed by atoms with Gasteiger partial charge in [0.1, 0.15) is 0 Å². The number of hydrogen-bond donors (Lipinski definition) is 3. The van der Waals surface area contributed by atoms with Crippen molar-refractivity contribution in [2.75, 3.05) is 5.75 Å². The lowest BCUT2D eigenvalue weighted by molar-refractivity contribution is 0.737. The first-order valence-electron chi connectivity index (χ1n) is 3.16. The minimum Gasteiger partial charge on any atom is -0.348 e. The highest BCUT2D eigenvalue weighted by molar-refractivity contribution is 7.80. The molecule has 4 heteroatoms. The van der Waals surface area contributed by atoms with Gasteiger partial charge in [0.05, 0.1) is 6.33 Å². The van der Waals surface area contributed by atoms with Crippen LogP contribution < -0.4 is 5.73 Å². The maximum Gasteiger partial charge on any atom is 0.0921 e. The molecule has 0 amide bonds. The van der Waals surface area contributed by atoms with E-state index < -0.39 is 0 Å². The molecule has 0 aromatic carbocycles. The van der Waals surface area contributed by atoms with Crippen LogP contribution in [0.25, 0.3) is 0 Å². The molecular formula is C6H11N3S. The number of hydrogen-bond acceptors (Lipinski definition) is 3. The predicted octanol–water partition coefficient (Wildman–Crippen LogP) is 0.209. The molecule has 0 saturated heterocycles. The minimum absolute atomic E-state index is 0.129. The van der Waals surface area contributed by atoms with Crippen LogP contribution in [0, 0.1) is 0 Å². The topological polar surface area (TPSA) is 54.7 Å². The number of rotatable bonds is 3. The van der Waals surface area contributed by atoms with E-state index in [1.165, 1.54) is 0 Å². The second-order valence-corrected chi connectivity index (χ2v) is 2.59. The number of nitrogens with one attached hydrogen (secondary N) is 1. The summed E-state index contributed by atoms with van der Waals surface area (Å²) in [7, 11) is 0. The summed E-state index contributed by atoms with van der Waals surface area (Å²) in [4.78, 5) is 6.85. The van der Waals surface area contributed by atoms with Crippen molar-refractivity contribution in [1.82, 2.24) is 9.97 Å². The van der Waals surface area contributed by atoms with Gasteiger partial charge < -0.3 is 10.7 Å². The van der Waals surface area contributed by atoms with Crippen LogP contribution in [0.5, 0.6) is 0 Å². The SMILES string of the molecule is N[C@H](CS)Cc1cnc[nH]1. The van der Waals surface area contributed by atoms with E-state index >= 15 is 0 Å². The molecule has 10 heavy (non-hydrogen) atoms. The standard InChI is InChI=1S/C6H11N3S/c7-5(3-10)1-6-2-8-4-9-6/h2,4-5,10H,1,3,7H2,(H,8,9)/t5-/m0/s1. The van der Waals surface area contributed by atoms with Crippen LogP contribution in [0.15, 0.2) is 12.5 Å². The van der Waals surface area contributed by atoms with Crippen LogP contribution in [0.1, 0.15) is 5.69 Å². The van der Waals surface area contributed by atoms with E-state index in [-0.39, 0.29) is 6.04 Å². The van der Waals surface area contributed by atoms with Gasteiger partial charge in [-0.05, 0) is 0 Å². The third-order valence-electron chi connectivity index (χ3n) is 1.27. The maximum atomic E-state index is 5.64. The zero-order chi connectivity index (χ0) is 7.40. The summed E-state index contributed by atoms with van der Waals surface area (Å²) in [6.45, 7) is 0. The first-order valence-corrected chi connectivity index (χ1v) is 3.80. The number of imidazole rings is 1. The average molecular weight is 157 g/mol. The lowest BCUT2D eigenvalue weighted by atomic mass is 10.2. The largest absolute Gasteiger partial charge is 0.348 e. The third-order valence-corrected chi connectivity index (χ3v) is 1.74. The monoisotopic (exact) mass is 157 g/mol. The van der Waals surface area contributed by atoms with Gasteiger partial charge >= 0.3 is 0 Å². The Morgan fingerprint density at radius 1 is 1.80 bits per heavy atom. The highest BCUT2D eigenvalue weighted by atomic mass is 32.1. The fourth-order valence-electron chi connectivity index (χ4n) is 0.743.